The number of halogens is 1. The van der Waals surface area contributed by atoms with E-state index in [-0.39, 0.29) is 0 Å². The number of fused-ring (bicyclic) bond motifs is 2. The van der Waals surface area contributed by atoms with Crippen LogP contribution in [0, 0.1) is 13.8 Å². The van der Waals surface area contributed by atoms with Crippen molar-refractivity contribution in [2.75, 3.05) is 0 Å². The van der Waals surface area contributed by atoms with Gasteiger partial charge < -0.3 is 14.4 Å². The van der Waals surface area contributed by atoms with E-state index >= 15 is 0 Å². The summed E-state index contributed by atoms with van der Waals surface area (Å²) in [5.74, 6) is -0.0893. The number of nitrogens with zero attached hydrogens (tertiary/aromatic N) is 3. The molecular formula is C29H28ClN3O3S. The van der Waals surface area contributed by atoms with Crippen LogP contribution in [0.3, 0.4) is 0 Å². The van der Waals surface area contributed by atoms with Gasteiger partial charge in [-0.3, -0.25) is 0 Å². The number of aryl methyl sites for hydroxylation is 3. The number of hydrogen-bond acceptors (Lipinski definition) is 5. The lowest BCUT2D eigenvalue weighted by atomic mass is 9.91. The molecule has 6 nitrogen and oxygen atoms in total. The highest BCUT2D eigenvalue weighted by molar-refractivity contribution is 7.22. The summed E-state index contributed by atoms with van der Waals surface area (Å²) in [6.07, 6.45) is -1.14. The zero-order chi connectivity index (χ0) is 26.6. The van der Waals surface area contributed by atoms with Gasteiger partial charge in [0.05, 0.1) is 26.9 Å². The molecule has 8 heteroatoms. The smallest absolute Gasteiger partial charge is 0.337 e. The molecule has 2 aromatic heterocycles. The third-order valence-corrected chi connectivity index (χ3v) is 7.76. The first-order valence-corrected chi connectivity index (χ1v) is 13.2. The highest BCUT2D eigenvalue weighted by atomic mass is 35.5. The van der Waals surface area contributed by atoms with Gasteiger partial charge in [-0.25, -0.2) is 14.8 Å². The van der Waals surface area contributed by atoms with Crippen molar-refractivity contribution in [1.82, 2.24) is 14.5 Å². The Morgan fingerprint density at radius 2 is 1.70 bits per heavy atom. The van der Waals surface area contributed by atoms with Crippen LogP contribution in [0.2, 0.25) is 5.02 Å². The average molecular weight is 534 g/mol. The number of carbonyl (C=O) groups is 1. The molecule has 0 saturated heterocycles. The topological polar surface area (TPSA) is 77.2 Å². The van der Waals surface area contributed by atoms with Crippen LogP contribution >= 0.6 is 22.9 Å². The molecule has 0 bridgehead atoms. The molecule has 0 amide bonds. The minimum absolute atomic E-state index is 0.610. The molecule has 0 aliphatic rings. The summed E-state index contributed by atoms with van der Waals surface area (Å²) in [5.41, 5.74) is 6.20. The van der Waals surface area contributed by atoms with Crippen molar-refractivity contribution in [3.63, 3.8) is 0 Å². The summed E-state index contributed by atoms with van der Waals surface area (Å²) in [7, 11) is 2.00. The molecule has 190 valence electrons. The molecule has 0 saturated carbocycles. The number of benzene rings is 3. The zero-order valence-corrected chi connectivity index (χ0v) is 23.2. The molecule has 5 rings (SSSR count). The lowest BCUT2D eigenvalue weighted by molar-refractivity contribution is -0.160. The van der Waals surface area contributed by atoms with E-state index in [1.54, 1.807) is 0 Å². The maximum absolute atomic E-state index is 12.5. The molecule has 0 fully saturated rings. The van der Waals surface area contributed by atoms with Gasteiger partial charge >= 0.3 is 5.97 Å². The molecule has 37 heavy (non-hydrogen) atoms. The van der Waals surface area contributed by atoms with E-state index in [0.29, 0.717) is 10.6 Å². The molecule has 0 aliphatic carbocycles. The van der Waals surface area contributed by atoms with Gasteiger partial charge in [0.1, 0.15) is 10.8 Å². The highest BCUT2D eigenvalue weighted by Crippen LogP contribution is 2.44. The quantitative estimate of drug-likeness (QED) is 0.250. The number of carboxylic acid groups (broad SMARTS) is 1. The van der Waals surface area contributed by atoms with Gasteiger partial charge in [0.25, 0.3) is 0 Å². The molecule has 1 atom stereocenters. The summed E-state index contributed by atoms with van der Waals surface area (Å²) in [5, 5.41) is 11.7. The van der Waals surface area contributed by atoms with Gasteiger partial charge in [-0.15, -0.1) is 11.3 Å². The monoisotopic (exact) mass is 533 g/mol. The van der Waals surface area contributed by atoms with Gasteiger partial charge in [0.15, 0.2) is 6.10 Å². The van der Waals surface area contributed by atoms with E-state index < -0.39 is 17.7 Å². The molecule has 0 radical (unpaired) electrons. The summed E-state index contributed by atoms with van der Waals surface area (Å²) < 4.78 is 9.07. The summed E-state index contributed by atoms with van der Waals surface area (Å²) in [4.78, 5) is 22.2. The van der Waals surface area contributed by atoms with Crippen molar-refractivity contribution in [3.05, 3.63) is 70.5 Å². The van der Waals surface area contributed by atoms with Crippen LogP contribution in [-0.4, -0.2) is 31.2 Å². The Hall–Kier alpha value is -3.26. The van der Waals surface area contributed by atoms with Crippen molar-refractivity contribution in [1.29, 1.82) is 0 Å². The summed E-state index contributed by atoms with van der Waals surface area (Å²) in [6.45, 7) is 9.48. The van der Waals surface area contributed by atoms with Crippen LogP contribution in [0.25, 0.3) is 42.9 Å². The van der Waals surface area contributed by atoms with E-state index in [2.05, 4.69) is 27.8 Å². The Morgan fingerprint density at radius 3 is 2.35 bits per heavy atom. The van der Waals surface area contributed by atoms with E-state index in [1.165, 1.54) is 11.3 Å². The highest BCUT2D eigenvalue weighted by Gasteiger charge is 2.32. The van der Waals surface area contributed by atoms with Crippen LogP contribution < -0.4 is 0 Å². The van der Waals surface area contributed by atoms with Crippen LogP contribution in [0.4, 0.5) is 0 Å². The standard InChI is InChI=1S/C29H28ClN3O3S/c1-15-13-21-26(37-27(32-21)18-9-12-22-20(14-18)31-16(2)33(22)6)24(17-7-10-19(30)11-8-17)23(15)25(28(34)35)36-29(3,4)5/h7-14,25H,1-6H3,(H,34,35). The second-order valence-electron chi connectivity index (χ2n) is 10.2. The van der Waals surface area contributed by atoms with Crippen molar-refractivity contribution in [2.24, 2.45) is 7.05 Å². The Balaban J connectivity index is 1.78. The predicted octanol–water partition coefficient (Wildman–Crippen LogP) is 7.73. The first-order chi connectivity index (χ1) is 17.4. The Bertz CT molecular complexity index is 1660. The number of ether oxygens (including phenoxy) is 1. The number of imidazole rings is 1. The first kappa shape index (κ1) is 25.4. The second kappa shape index (κ2) is 9.24. The average Bonchev–Trinajstić information content (AvgIpc) is 3.36. The van der Waals surface area contributed by atoms with Crippen molar-refractivity contribution in [3.8, 4) is 21.7 Å². The molecule has 2 heterocycles. The number of thiazole rings is 1. The molecule has 0 spiro atoms. The van der Waals surface area contributed by atoms with E-state index in [9.17, 15) is 9.90 Å². The number of aromatic nitrogens is 3. The van der Waals surface area contributed by atoms with E-state index in [4.69, 9.17) is 21.3 Å². The molecule has 0 aliphatic heterocycles. The third kappa shape index (κ3) is 4.75. The molecule has 3 aromatic carbocycles. The van der Waals surface area contributed by atoms with Gasteiger partial charge in [0, 0.05) is 28.8 Å². The normalized spacial score (nSPS) is 12.9. The summed E-state index contributed by atoms with van der Waals surface area (Å²) in [6, 6.07) is 15.6. The maximum Gasteiger partial charge on any atom is 0.337 e. The fourth-order valence-electron chi connectivity index (χ4n) is 4.62. The minimum atomic E-state index is -1.14. The fourth-order valence-corrected chi connectivity index (χ4v) is 5.86. The molecular weight excluding hydrogens is 506 g/mol. The second-order valence-corrected chi connectivity index (χ2v) is 11.7. The van der Waals surface area contributed by atoms with Crippen LogP contribution in [0.15, 0.2) is 48.5 Å². The van der Waals surface area contributed by atoms with E-state index in [0.717, 1.165) is 54.3 Å². The Kier molecular flexibility index (Phi) is 6.34. The van der Waals surface area contributed by atoms with Gasteiger partial charge in [-0.1, -0.05) is 23.7 Å². The number of carboxylic acids is 1. The first-order valence-electron chi connectivity index (χ1n) is 12.0. The number of aliphatic carboxylic acids is 1. The zero-order valence-electron chi connectivity index (χ0n) is 21.6. The summed E-state index contributed by atoms with van der Waals surface area (Å²) >= 11 is 7.74. The largest absolute Gasteiger partial charge is 0.479 e. The van der Waals surface area contributed by atoms with E-state index in [1.807, 2.05) is 72.0 Å². The van der Waals surface area contributed by atoms with Crippen molar-refractivity contribution >= 4 is 50.2 Å². The lowest BCUT2D eigenvalue weighted by Crippen LogP contribution is -2.28. The third-order valence-electron chi connectivity index (χ3n) is 6.37. The predicted molar refractivity (Wildman–Crippen MR) is 150 cm³/mol. The Labute approximate surface area is 224 Å². The molecule has 5 aromatic rings. The SMILES string of the molecule is Cc1cc2nc(-c3ccc4c(c3)nc(C)n4C)sc2c(-c2ccc(Cl)cc2)c1C(OC(C)(C)C)C(=O)O. The number of rotatable bonds is 5. The van der Waals surface area contributed by atoms with Crippen LogP contribution in [0.1, 0.15) is 43.8 Å². The van der Waals surface area contributed by atoms with Crippen LogP contribution in [0.5, 0.6) is 0 Å². The molecule has 1 N–H and O–H groups in total. The van der Waals surface area contributed by atoms with Gasteiger partial charge in [-0.05, 0) is 82.1 Å². The fraction of sp³-hybridized carbons (Fsp3) is 0.276. The van der Waals surface area contributed by atoms with Crippen molar-refractivity contribution < 1.29 is 14.6 Å². The maximum atomic E-state index is 12.5. The van der Waals surface area contributed by atoms with Crippen LogP contribution in [-0.2, 0) is 16.6 Å². The van der Waals surface area contributed by atoms with Crippen molar-refractivity contribution in [2.45, 2.75) is 46.3 Å². The van der Waals surface area contributed by atoms with Gasteiger partial charge in [0.2, 0.25) is 0 Å². The number of hydrogen-bond donors (Lipinski definition) is 1. The van der Waals surface area contributed by atoms with Gasteiger partial charge in [-0.2, -0.15) is 0 Å². The minimum Gasteiger partial charge on any atom is -0.479 e. The lowest BCUT2D eigenvalue weighted by Gasteiger charge is -2.28. The Morgan fingerprint density at radius 1 is 1.03 bits per heavy atom. The molecule has 1 unspecified atom stereocenters.